The van der Waals surface area contributed by atoms with Crippen LogP contribution in [0.25, 0.3) is 0 Å². The number of hydrogen-bond donors (Lipinski definition) is 3. The summed E-state index contributed by atoms with van der Waals surface area (Å²) in [6, 6.07) is -0.756. The van der Waals surface area contributed by atoms with Crippen molar-refractivity contribution >= 4 is 13.7 Å². The van der Waals surface area contributed by atoms with Crippen molar-refractivity contribution in [2.24, 2.45) is 0 Å². The Bertz CT molecular complexity index is 1250. The molecule has 0 heterocycles. The lowest BCUT2D eigenvalue weighted by Crippen LogP contribution is -2.46. The highest BCUT2D eigenvalue weighted by Crippen LogP contribution is 2.43. The Labute approximate surface area is 495 Å². The number of likely N-dealkylation sites (N-methyl/N-ethyl adjacent to an activating group) is 1. The van der Waals surface area contributed by atoms with Crippen LogP contribution in [0.4, 0.5) is 0 Å². The Hall–Kier alpha value is -0.500. The number of aliphatic hydroxyl groups excluding tert-OH is 1. The summed E-state index contributed by atoms with van der Waals surface area (Å²) in [6.07, 6.45) is 78.0. The van der Waals surface area contributed by atoms with E-state index in [0.29, 0.717) is 23.9 Å². The van der Waals surface area contributed by atoms with Crippen molar-refractivity contribution in [1.29, 1.82) is 0 Å². The molecule has 0 bridgehead atoms. The molecule has 0 spiro atoms. The highest BCUT2D eigenvalue weighted by atomic mass is 31.2. The minimum absolute atomic E-state index is 0.0793. The summed E-state index contributed by atoms with van der Waals surface area (Å²) in [7, 11) is 1.64. The fraction of sp³-hybridized carbons (Fsp3) is 0.986. The zero-order valence-corrected chi connectivity index (χ0v) is 55.3. The van der Waals surface area contributed by atoms with Crippen molar-refractivity contribution in [3.8, 4) is 0 Å². The van der Waals surface area contributed by atoms with Gasteiger partial charge in [-0.25, -0.2) is 4.57 Å². The third-order valence-electron chi connectivity index (χ3n) is 17.1. The first-order valence-electron chi connectivity index (χ1n) is 35.9. The third-order valence-corrected chi connectivity index (χ3v) is 18.1. The van der Waals surface area contributed by atoms with E-state index in [-0.39, 0.29) is 19.1 Å². The van der Waals surface area contributed by atoms with Gasteiger partial charge in [0.25, 0.3) is 0 Å². The minimum atomic E-state index is -4.32. The lowest BCUT2D eigenvalue weighted by molar-refractivity contribution is -0.870. The SMILES string of the molecule is CCCCCCCCCCCCCCCCCCCCCCCCCCCCCCCCCCCCCCCCCCC(=O)NC(COP(=O)(O)OCC[N+](C)(C)C)C(O)CCCCCCCCCCCCCCCCCCC. The smallest absolute Gasteiger partial charge is 0.391 e. The number of carbonyl (C=O) groups excluding carboxylic acids is 1. The minimum Gasteiger partial charge on any atom is -0.391 e. The van der Waals surface area contributed by atoms with E-state index >= 15 is 0 Å². The molecule has 0 aromatic rings. The average molecular weight is 1140 g/mol. The molecule has 0 fully saturated rings. The van der Waals surface area contributed by atoms with E-state index in [2.05, 4.69) is 19.2 Å². The van der Waals surface area contributed by atoms with Gasteiger partial charge >= 0.3 is 7.82 Å². The van der Waals surface area contributed by atoms with Gasteiger partial charge in [0.1, 0.15) is 13.2 Å². The summed E-state index contributed by atoms with van der Waals surface area (Å²) in [5, 5.41) is 14.1. The second-order valence-corrected chi connectivity index (χ2v) is 27.8. The van der Waals surface area contributed by atoms with Crippen LogP contribution in [0.3, 0.4) is 0 Å². The number of phosphoric ester groups is 1. The summed E-state index contributed by atoms with van der Waals surface area (Å²) in [4.78, 5) is 23.4. The number of amides is 1. The fourth-order valence-corrected chi connectivity index (χ4v) is 12.3. The molecule has 0 saturated carbocycles. The van der Waals surface area contributed by atoms with E-state index in [1.54, 1.807) is 0 Å². The van der Waals surface area contributed by atoms with Crippen LogP contribution in [0.1, 0.15) is 393 Å². The molecule has 0 rings (SSSR count). The number of unbranched alkanes of at least 4 members (excludes halogenated alkanes) is 55. The van der Waals surface area contributed by atoms with Gasteiger partial charge in [-0.05, 0) is 12.8 Å². The summed E-state index contributed by atoms with van der Waals surface area (Å²) in [5.41, 5.74) is 0. The molecule has 9 heteroatoms. The third kappa shape index (κ3) is 64.9. The van der Waals surface area contributed by atoms with E-state index in [1.807, 2.05) is 21.1 Å². The maximum atomic E-state index is 13.0. The predicted octanol–water partition coefficient (Wildman–Crippen LogP) is 22.7. The fourth-order valence-electron chi connectivity index (χ4n) is 11.5. The highest BCUT2D eigenvalue weighted by Gasteiger charge is 2.28. The second-order valence-electron chi connectivity index (χ2n) is 26.3. The largest absolute Gasteiger partial charge is 0.472 e. The van der Waals surface area contributed by atoms with Gasteiger partial charge in [-0.3, -0.25) is 13.8 Å². The summed E-state index contributed by atoms with van der Waals surface area (Å²) >= 11 is 0. The van der Waals surface area contributed by atoms with Crippen molar-refractivity contribution in [2.45, 2.75) is 405 Å². The van der Waals surface area contributed by atoms with Crippen LogP contribution >= 0.6 is 7.82 Å². The van der Waals surface area contributed by atoms with Crippen LogP contribution in [0, 0.1) is 0 Å². The molecular weight excluding hydrogens is 996 g/mol. The maximum absolute atomic E-state index is 13.0. The first-order chi connectivity index (χ1) is 38.5. The molecule has 0 aromatic heterocycles. The second kappa shape index (κ2) is 62.0. The number of quaternary nitrogens is 1. The average Bonchev–Trinajstić information content (AvgIpc) is 3.42. The number of phosphoric acid groups is 1. The van der Waals surface area contributed by atoms with Gasteiger partial charge in [0.15, 0.2) is 0 Å². The van der Waals surface area contributed by atoms with Crippen LogP contribution in [-0.4, -0.2) is 73.4 Å². The van der Waals surface area contributed by atoms with Crippen LogP contribution in [0.2, 0.25) is 0 Å². The van der Waals surface area contributed by atoms with Crippen molar-refractivity contribution in [1.82, 2.24) is 5.32 Å². The van der Waals surface area contributed by atoms with Crippen LogP contribution in [-0.2, 0) is 18.4 Å². The molecule has 3 atom stereocenters. The van der Waals surface area contributed by atoms with Gasteiger partial charge in [0.05, 0.1) is 39.9 Å². The van der Waals surface area contributed by atoms with Gasteiger partial charge in [-0.2, -0.15) is 0 Å². The summed E-state index contributed by atoms with van der Waals surface area (Å²) in [5.74, 6) is -0.134. The summed E-state index contributed by atoms with van der Waals surface area (Å²) < 4.78 is 23.9. The van der Waals surface area contributed by atoms with Crippen molar-refractivity contribution < 1.29 is 32.9 Å². The first-order valence-corrected chi connectivity index (χ1v) is 37.4. The zero-order valence-electron chi connectivity index (χ0n) is 54.4. The van der Waals surface area contributed by atoms with E-state index in [1.165, 1.54) is 327 Å². The normalized spacial score (nSPS) is 13.6. The molecule has 79 heavy (non-hydrogen) atoms. The number of rotatable bonds is 68. The molecule has 0 radical (unpaired) electrons. The van der Waals surface area contributed by atoms with Crippen LogP contribution in [0.5, 0.6) is 0 Å². The predicted molar refractivity (Wildman–Crippen MR) is 346 cm³/mol. The van der Waals surface area contributed by atoms with Crippen LogP contribution in [0.15, 0.2) is 0 Å². The first kappa shape index (κ1) is 78.5. The topological polar surface area (TPSA) is 105 Å². The summed E-state index contributed by atoms with van der Waals surface area (Å²) in [6.45, 7) is 4.96. The van der Waals surface area contributed by atoms with Gasteiger partial charge in [-0.15, -0.1) is 0 Å². The standard InChI is InChI=1S/C70H143N2O6P/c1-6-8-10-12-14-16-18-20-22-24-25-26-27-28-29-30-31-32-33-34-35-36-37-38-39-40-41-42-43-44-45-46-48-50-52-54-56-58-60-62-64-70(74)71-68(67-78-79(75,76)77-66-65-72(3,4)5)69(73)63-61-59-57-55-53-51-49-47-23-21-19-17-15-13-11-9-7-2/h68-69,73H,6-67H2,1-5H3,(H-,71,74,75,76)/p+1. The lowest BCUT2D eigenvalue weighted by atomic mass is 10.0. The highest BCUT2D eigenvalue weighted by molar-refractivity contribution is 7.47. The molecule has 474 valence electrons. The molecule has 0 aromatic carbocycles. The molecular formula is C70H144N2O6P+. The Morgan fingerprint density at radius 1 is 0.380 bits per heavy atom. The Kier molecular flexibility index (Phi) is 61.7. The van der Waals surface area contributed by atoms with Crippen LogP contribution < -0.4 is 5.32 Å². The van der Waals surface area contributed by atoms with Gasteiger partial charge in [0.2, 0.25) is 5.91 Å². The van der Waals surface area contributed by atoms with Crippen molar-refractivity contribution in [2.75, 3.05) is 40.9 Å². The molecule has 1 amide bonds. The lowest BCUT2D eigenvalue weighted by Gasteiger charge is -2.26. The Morgan fingerprint density at radius 2 is 0.608 bits per heavy atom. The number of hydrogen-bond acceptors (Lipinski definition) is 5. The number of nitrogens with zero attached hydrogens (tertiary/aromatic N) is 1. The van der Waals surface area contributed by atoms with E-state index in [0.717, 1.165) is 38.5 Å². The van der Waals surface area contributed by atoms with Gasteiger partial charge in [0, 0.05) is 6.42 Å². The molecule has 3 unspecified atom stereocenters. The Balaban J connectivity index is 3.82. The van der Waals surface area contributed by atoms with Crippen molar-refractivity contribution in [3.05, 3.63) is 0 Å². The molecule has 0 aliphatic heterocycles. The van der Waals surface area contributed by atoms with Gasteiger partial charge < -0.3 is 19.8 Å². The maximum Gasteiger partial charge on any atom is 0.472 e. The molecule has 0 saturated heterocycles. The van der Waals surface area contributed by atoms with Crippen molar-refractivity contribution in [3.63, 3.8) is 0 Å². The monoisotopic (exact) mass is 1140 g/mol. The quantitative estimate of drug-likeness (QED) is 0.0318. The van der Waals surface area contributed by atoms with E-state index < -0.39 is 20.0 Å². The molecule has 0 aliphatic carbocycles. The van der Waals surface area contributed by atoms with E-state index in [4.69, 9.17) is 9.05 Å². The zero-order chi connectivity index (χ0) is 57.7. The number of nitrogens with one attached hydrogen (secondary N) is 1. The van der Waals surface area contributed by atoms with E-state index in [9.17, 15) is 19.4 Å². The van der Waals surface area contributed by atoms with Gasteiger partial charge in [-0.1, -0.05) is 373 Å². The molecule has 0 aliphatic rings. The number of aliphatic hydroxyl groups is 1. The molecule has 3 N–H and O–H groups in total. The Morgan fingerprint density at radius 3 is 0.848 bits per heavy atom. The number of carbonyl (C=O) groups is 1. The molecule has 8 nitrogen and oxygen atoms in total.